The topological polar surface area (TPSA) is 105 Å². The van der Waals surface area contributed by atoms with Crippen molar-refractivity contribution in [3.8, 4) is 0 Å². The molecule has 4 rings (SSSR count). The molecule has 29 heavy (non-hydrogen) atoms. The van der Waals surface area contributed by atoms with Crippen molar-refractivity contribution >= 4 is 21.2 Å². The van der Waals surface area contributed by atoms with Crippen molar-refractivity contribution in [1.29, 1.82) is 0 Å². The summed E-state index contributed by atoms with van der Waals surface area (Å²) in [6.07, 6.45) is 4.77. The van der Waals surface area contributed by atoms with Gasteiger partial charge in [0.25, 0.3) is 10.1 Å². The lowest BCUT2D eigenvalue weighted by atomic mass is 9.99. The molecule has 0 radical (unpaired) electrons. The number of halogens is 1. The second-order valence-electron chi connectivity index (χ2n) is 7.78. The van der Waals surface area contributed by atoms with Gasteiger partial charge in [0, 0.05) is 38.4 Å². The number of rotatable bonds is 2. The van der Waals surface area contributed by atoms with Gasteiger partial charge in [0.15, 0.2) is 0 Å². The minimum atomic E-state index is -3.67. The number of piperidine rings is 1. The van der Waals surface area contributed by atoms with Crippen LogP contribution in [0.1, 0.15) is 37.3 Å². The molecule has 0 spiro atoms. The molecule has 1 aromatic heterocycles. The van der Waals surface area contributed by atoms with Crippen LogP contribution in [0.5, 0.6) is 0 Å². The number of H-pyrrole nitrogens is 1. The smallest absolute Gasteiger partial charge is 0.326 e. The van der Waals surface area contributed by atoms with Crippen molar-refractivity contribution in [2.75, 3.05) is 32.6 Å². The van der Waals surface area contributed by atoms with Crippen LogP contribution in [-0.4, -0.2) is 66.0 Å². The first-order chi connectivity index (χ1) is 13.6. The normalized spacial score (nSPS) is 19.9. The Morgan fingerprint density at radius 2 is 1.72 bits per heavy atom. The quantitative estimate of drug-likeness (QED) is 0.709. The number of aryl methyl sites for hydroxylation is 1. The number of nitrogens with zero attached hydrogens (tertiary/aromatic N) is 2. The lowest BCUT2D eigenvalue weighted by Crippen LogP contribution is -2.45. The molecule has 0 unspecified atom stereocenters. The van der Waals surface area contributed by atoms with Crippen molar-refractivity contribution in [2.45, 2.75) is 44.7 Å². The molecule has 2 aromatic rings. The van der Waals surface area contributed by atoms with Gasteiger partial charge in [-0.25, -0.2) is 9.18 Å². The van der Waals surface area contributed by atoms with E-state index in [0.717, 1.165) is 57.6 Å². The van der Waals surface area contributed by atoms with Gasteiger partial charge in [-0.1, -0.05) is 0 Å². The molecule has 2 aliphatic heterocycles. The maximum atomic E-state index is 14.1. The number of hydrogen-bond acceptors (Lipinski definition) is 5. The van der Waals surface area contributed by atoms with E-state index in [2.05, 4.69) is 9.88 Å². The molecule has 2 saturated heterocycles. The summed E-state index contributed by atoms with van der Waals surface area (Å²) in [6.45, 7) is 5.54. The summed E-state index contributed by atoms with van der Waals surface area (Å²) in [7, 11) is -3.67. The Hall–Kier alpha value is -1.75. The summed E-state index contributed by atoms with van der Waals surface area (Å²) in [5.74, 6) is -0.347. The second-order valence-corrected chi connectivity index (χ2v) is 9.25. The molecule has 0 atom stereocenters. The fourth-order valence-electron chi connectivity index (χ4n) is 4.24. The summed E-state index contributed by atoms with van der Waals surface area (Å²) in [5, 5.41) is 0. The van der Waals surface area contributed by atoms with E-state index in [9.17, 15) is 17.6 Å². The number of nitrogens with one attached hydrogen (secondary N) is 1. The third-order valence-electron chi connectivity index (χ3n) is 5.50. The van der Waals surface area contributed by atoms with Gasteiger partial charge < -0.3 is 14.6 Å². The lowest BCUT2D eigenvalue weighted by Gasteiger charge is -2.39. The summed E-state index contributed by atoms with van der Waals surface area (Å²) < 4.78 is 47.2. The monoisotopic (exact) mass is 429 g/mol. The zero-order valence-electron chi connectivity index (χ0n) is 16.7. The Bertz CT molecular complexity index is 995. The van der Waals surface area contributed by atoms with E-state index in [1.54, 1.807) is 4.57 Å². The highest BCUT2D eigenvalue weighted by atomic mass is 32.2. The summed E-state index contributed by atoms with van der Waals surface area (Å²) in [5.41, 5.74) is 1.67. The summed E-state index contributed by atoms with van der Waals surface area (Å²) in [6, 6.07) is 4.12. The van der Waals surface area contributed by atoms with Crippen LogP contribution in [0, 0.1) is 12.7 Å². The third-order valence-corrected chi connectivity index (χ3v) is 5.50. The molecule has 0 aliphatic carbocycles. The zero-order valence-corrected chi connectivity index (χ0v) is 17.5. The van der Waals surface area contributed by atoms with Gasteiger partial charge in [-0.05, 0) is 50.3 Å². The number of aromatic amines is 1. The number of likely N-dealkylation sites (tertiary alicyclic amines) is 1. The largest absolute Gasteiger partial charge is 0.381 e. The Morgan fingerprint density at radius 1 is 1.14 bits per heavy atom. The van der Waals surface area contributed by atoms with Crippen molar-refractivity contribution in [2.24, 2.45) is 0 Å². The molecule has 2 fully saturated rings. The Balaban J connectivity index is 0.000000431. The van der Waals surface area contributed by atoms with E-state index in [4.69, 9.17) is 9.29 Å². The van der Waals surface area contributed by atoms with Crippen LogP contribution in [0.25, 0.3) is 11.0 Å². The lowest BCUT2D eigenvalue weighted by molar-refractivity contribution is 0.0220. The van der Waals surface area contributed by atoms with Gasteiger partial charge in [-0.15, -0.1) is 0 Å². The molecule has 2 aliphatic rings. The molecule has 0 amide bonds. The van der Waals surface area contributed by atoms with E-state index in [0.29, 0.717) is 23.3 Å². The van der Waals surface area contributed by atoms with E-state index >= 15 is 0 Å². The SMILES string of the molecule is CS(=O)(=O)O.Cc1cc(F)c2[nH]c(=O)n(C3CCN(C4CCOCC4)CC3)c2c1. The summed E-state index contributed by atoms with van der Waals surface area (Å²) in [4.78, 5) is 17.6. The predicted molar refractivity (Wildman–Crippen MR) is 108 cm³/mol. The molecule has 1 aromatic carbocycles. The van der Waals surface area contributed by atoms with Crippen LogP contribution in [0.3, 0.4) is 0 Å². The second kappa shape index (κ2) is 8.95. The summed E-state index contributed by atoms with van der Waals surface area (Å²) >= 11 is 0. The molecular weight excluding hydrogens is 401 g/mol. The highest BCUT2D eigenvalue weighted by Crippen LogP contribution is 2.28. The molecule has 10 heteroatoms. The van der Waals surface area contributed by atoms with E-state index < -0.39 is 10.1 Å². The highest BCUT2D eigenvalue weighted by molar-refractivity contribution is 7.85. The molecule has 0 bridgehead atoms. The van der Waals surface area contributed by atoms with Crippen molar-refractivity contribution in [3.63, 3.8) is 0 Å². The number of ether oxygens (including phenoxy) is 1. The van der Waals surface area contributed by atoms with Gasteiger partial charge in [0.1, 0.15) is 11.3 Å². The number of fused-ring (bicyclic) bond motifs is 1. The van der Waals surface area contributed by atoms with Crippen molar-refractivity contribution in [1.82, 2.24) is 14.5 Å². The third kappa shape index (κ3) is 5.65. The maximum Gasteiger partial charge on any atom is 0.326 e. The van der Waals surface area contributed by atoms with E-state index in [-0.39, 0.29) is 17.5 Å². The fraction of sp³-hybridized carbons (Fsp3) is 0.632. The Kier molecular flexibility index (Phi) is 6.77. The van der Waals surface area contributed by atoms with E-state index in [1.165, 1.54) is 6.07 Å². The van der Waals surface area contributed by atoms with Gasteiger partial charge in [-0.2, -0.15) is 8.42 Å². The van der Waals surface area contributed by atoms with Crippen LogP contribution in [0.2, 0.25) is 0 Å². The average molecular weight is 430 g/mol. The number of benzene rings is 1. The first-order valence-electron chi connectivity index (χ1n) is 9.78. The van der Waals surface area contributed by atoms with Crippen LogP contribution < -0.4 is 5.69 Å². The van der Waals surface area contributed by atoms with E-state index in [1.807, 2.05) is 13.0 Å². The molecule has 3 heterocycles. The molecule has 0 saturated carbocycles. The fourth-order valence-corrected chi connectivity index (χ4v) is 4.24. The Morgan fingerprint density at radius 3 is 2.31 bits per heavy atom. The molecule has 8 nitrogen and oxygen atoms in total. The maximum absolute atomic E-state index is 14.1. The zero-order chi connectivity index (χ0) is 21.2. The van der Waals surface area contributed by atoms with Gasteiger partial charge in [0.2, 0.25) is 0 Å². The van der Waals surface area contributed by atoms with Crippen LogP contribution in [-0.2, 0) is 14.9 Å². The highest BCUT2D eigenvalue weighted by Gasteiger charge is 2.28. The van der Waals surface area contributed by atoms with Crippen molar-refractivity contribution < 1.29 is 22.1 Å². The minimum Gasteiger partial charge on any atom is -0.381 e. The van der Waals surface area contributed by atoms with Crippen molar-refractivity contribution in [3.05, 3.63) is 34.0 Å². The minimum absolute atomic E-state index is 0.142. The number of aromatic nitrogens is 2. The Labute approximate surface area is 169 Å². The first-order valence-corrected chi connectivity index (χ1v) is 11.6. The standard InChI is InChI=1S/C18H24FN3O2.CH4O3S/c1-12-10-15(19)17-16(11-12)22(18(23)20-17)14-2-6-21(7-3-14)13-4-8-24-9-5-13;1-5(2,3)4/h10-11,13-14H,2-9H2,1H3,(H,20,23);1H3,(H,2,3,4). The van der Waals surface area contributed by atoms with Gasteiger partial charge >= 0.3 is 5.69 Å². The average Bonchev–Trinajstić information content (AvgIpc) is 2.97. The van der Waals surface area contributed by atoms with Crippen LogP contribution in [0.4, 0.5) is 4.39 Å². The van der Waals surface area contributed by atoms with Crippen LogP contribution in [0.15, 0.2) is 16.9 Å². The molecule has 2 N–H and O–H groups in total. The number of hydrogen-bond donors (Lipinski definition) is 2. The predicted octanol–water partition coefficient (Wildman–Crippen LogP) is 2.10. The van der Waals surface area contributed by atoms with Gasteiger partial charge in [0.05, 0.1) is 11.8 Å². The number of imidazole rings is 1. The first kappa shape index (κ1) is 21.9. The molecule has 162 valence electrons. The van der Waals surface area contributed by atoms with Gasteiger partial charge in [-0.3, -0.25) is 9.12 Å². The van der Waals surface area contributed by atoms with Crippen LogP contribution >= 0.6 is 0 Å². The molecular formula is C19H28FN3O5S.